The molecule has 0 saturated heterocycles. The highest BCUT2D eigenvalue weighted by molar-refractivity contribution is 5.00. The fraction of sp³-hybridized carbons (Fsp3) is 0.700. The van der Waals surface area contributed by atoms with Gasteiger partial charge in [-0.1, -0.05) is 6.92 Å². The van der Waals surface area contributed by atoms with Crippen molar-refractivity contribution in [1.82, 2.24) is 15.1 Å². The van der Waals surface area contributed by atoms with Gasteiger partial charge in [0.25, 0.3) is 0 Å². The third-order valence-corrected chi connectivity index (χ3v) is 2.61. The summed E-state index contributed by atoms with van der Waals surface area (Å²) in [5.74, 6) is 0.625. The largest absolute Gasteiger partial charge is 0.317 e. The molecule has 0 amide bonds. The van der Waals surface area contributed by atoms with Gasteiger partial charge in [-0.15, -0.1) is 0 Å². The number of aromatic nitrogens is 2. The molecule has 1 aromatic heterocycles. The van der Waals surface area contributed by atoms with Crippen molar-refractivity contribution in [3.8, 4) is 0 Å². The summed E-state index contributed by atoms with van der Waals surface area (Å²) in [6.07, 6.45) is 3.04. The normalized spacial score (nSPS) is 15.7. The molecule has 1 N–H and O–H groups in total. The Bertz CT molecular complexity index is 254. The molecule has 0 aliphatic heterocycles. The molecule has 0 bridgehead atoms. The Morgan fingerprint density at radius 1 is 1.54 bits per heavy atom. The summed E-state index contributed by atoms with van der Waals surface area (Å²) in [5.41, 5.74) is 1.18. The van der Waals surface area contributed by atoms with Crippen molar-refractivity contribution < 1.29 is 0 Å². The van der Waals surface area contributed by atoms with Gasteiger partial charge >= 0.3 is 0 Å². The second-order valence-corrected chi connectivity index (χ2v) is 3.74. The molecule has 1 rings (SSSR count). The average molecular weight is 181 g/mol. The molecule has 2 unspecified atom stereocenters. The Kier molecular flexibility index (Phi) is 3.48. The molecule has 0 aliphatic rings. The van der Waals surface area contributed by atoms with Crippen molar-refractivity contribution in [2.75, 3.05) is 7.05 Å². The number of nitrogens with one attached hydrogen (secondary N) is 1. The average Bonchev–Trinajstić information content (AvgIpc) is 2.49. The minimum Gasteiger partial charge on any atom is -0.317 e. The maximum absolute atomic E-state index is 4.36. The van der Waals surface area contributed by atoms with E-state index in [1.165, 1.54) is 5.69 Å². The Labute approximate surface area is 80.1 Å². The van der Waals surface area contributed by atoms with Crippen LogP contribution >= 0.6 is 0 Å². The van der Waals surface area contributed by atoms with Crippen molar-refractivity contribution in [1.29, 1.82) is 0 Å². The van der Waals surface area contributed by atoms with Crippen LogP contribution in [0.15, 0.2) is 12.3 Å². The van der Waals surface area contributed by atoms with Crippen LogP contribution in [-0.2, 0) is 13.5 Å². The van der Waals surface area contributed by atoms with Crippen LogP contribution in [0.2, 0.25) is 0 Å². The topological polar surface area (TPSA) is 29.9 Å². The van der Waals surface area contributed by atoms with E-state index in [1.807, 2.05) is 25.0 Å². The molecule has 0 radical (unpaired) electrons. The molecule has 3 heteroatoms. The SMILES string of the molecule is CNC(C)C(C)Cc1ccn(C)n1. The second-order valence-electron chi connectivity index (χ2n) is 3.74. The lowest BCUT2D eigenvalue weighted by Crippen LogP contribution is -2.29. The molecule has 1 aromatic rings. The van der Waals surface area contributed by atoms with Gasteiger partial charge in [-0.25, -0.2) is 0 Å². The van der Waals surface area contributed by atoms with E-state index in [1.54, 1.807) is 0 Å². The molecule has 13 heavy (non-hydrogen) atoms. The summed E-state index contributed by atoms with van der Waals surface area (Å²) < 4.78 is 1.85. The molecule has 74 valence electrons. The lowest BCUT2D eigenvalue weighted by molar-refractivity contribution is 0.419. The lowest BCUT2D eigenvalue weighted by atomic mass is 9.98. The highest BCUT2D eigenvalue weighted by Crippen LogP contribution is 2.09. The summed E-state index contributed by atoms with van der Waals surface area (Å²) in [5, 5.41) is 7.61. The van der Waals surface area contributed by atoms with E-state index in [-0.39, 0.29) is 0 Å². The second kappa shape index (κ2) is 4.42. The van der Waals surface area contributed by atoms with Gasteiger partial charge in [-0.05, 0) is 32.4 Å². The Balaban J connectivity index is 2.49. The van der Waals surface area contributed by atoms with E-state index >= 15 is 0 Å². The molecule has 0 spiro atoms. The smallest absolute Gasteiger partial charge is 0.0627 e. The summed E-state index contributed by atoms with van der Waals surface area (Å²) in [6, 6.07) is 2.63. The fourth-order valence-electron chi connectivity index (χ4n) is 1.36. The van der Waals surface area contributed by atoms with Gasteiger partial charge in [-0.2, -0.15) is 5.10 Å². The molecule has 3 nitrogen and oxygen atoms in total. The van der Waals surface area contributed by atoms with Gasteiger partial charge < -0.3 is 5.32 Å². The van der Waals surface area contributed by atoms with E-state index in [4.69, 9.17) is 0 Å². The van der Waals surface area contributed by atoms with Crippen molar-refractivity contribution in [3.05, 3.63) is 18.0 Å². The molecular formula is C10H19N3. The Morgan fingerprint density at radius 2 is 2.23 bits per heavy atom. The highest BCUT2D eigenvalue weighted by atomic mass is 15.2. The monoisotopic (exact) mass is 181 g/mol. The van der Waals surface area contributed by atoms with Crippen molar-refractivity contribution in [2.24, 2.45) is 13.0 Å². The van der Waals surface area contributed by atoms with Crippen LogP contribution in [0.4, 0.5) is 0 Å². The van der Waals surface area contributed by atoms with Gasteiger partial charge in [0.2, 0.25) is 0 Å². The zero-order valence-electron chi connectivity index (χ0n) is 8.91. The van der Waals surface area contributed by atoms with Gasteiger partial charge in [0, 0.05) is 19.3 Å². The van der Waals surface area contributed by atoms with Gasteiger partial charge in [0.1, 0.15) is 0 Å². The zero-order valence-corrected chi connectivity index (χ0v) is 8.91. The number of hydrogen-bond donors (Lipinski definition) is 1. The first-order valence-electron chi connectivity index (χ1n) is 4.79. The third kappa shape index (κ3) is 2.84. The summed E-state index contributed by atoms with van der Waals surface area (Å²) in [7, 11) is 3.95. The van der Waals surface area contributed by atoms with E-state index in [2.05, 4.69) is 30.3 Å². The molecule has 2 atom stereocenters. The van der Waals surface area contributed by atoms with E-state index in [0.29, 0.717) is 12.0 Å². The van der Waals surface area contributed by atoms with Crippen LogP contribution in [0.25, 0.3) is 0 Å². The van der Waals surface area contributed by atoms with Gasteiger partial charge in [0.15, 0.2) is 0 Å². The highest BCUT2D eigenvalue weighted by Gasteiger charge is 2.11. The van der Waals surface area contributed by atoms with Crippen LogP contribution in [0.5, 0.6) is 0 Å². The summed E-state index contributed by atoms with van der Waals surface area (Å²) in [4.78, 5) is 0. The number of nitrogens with zero attached hydrogens (tertiary/aromatic N) is 2. The van der Waals surface area contributed by atoms with Crippen LogP contribution in [0.3, 0.4) is 0 Å². The van der Waals surface area contributed by atoms with Crippen molar-refractivity contribution in [2.45, 2.75) is 26.3 Å². The Hall–Kier alpha value is -0.830. The van der Waals surface area contributed by atoms with E-state index in [0.717, 1.165) is 6.42 Å². The van der Waals surface area contributed by atoms with Gasteiger partial charge in [0.05, 0.1) is 5.69 Å². The first-order valence-corrected chi connectivity index (χ1v) is 4.79. The first kappa shape index (κ1) is 10.3. The van der Waals surface area contributed by atoms with Crippen LogP contribution in [0, 0.1) is 5.92 Å². The summed E-state index contributed by atoms with van der Waals surface area (Å²) >= 11 is 0. The predicted molar refractivity (Wildman–Crippen MR) is 54.6 cm³/mol. The molecule has 0 saturated carbocycles. The third-order valence-electron chi connectivity index (χ3n) is 2.61. The van der Waals surface area contributed by atoms with Crippen LogP contribution < -0.4 is 5.32 Å². The minimum absolute atomic E-state index is 0.544. The quantitative estimate of drug-likeness (QED) is 0.756. The lowest BCUT2D eigenvalue weighted by Gasteiger charge is -2.17. The van der Waals surface area contributed by atoms with Crippen LogP contribution in [0.1, 0.15) is 19.5 Å². The fourth-order valence-corrected chi connectivity index (χ4v) is 1.36. The standard InChI is InChI=1S/C10H19N3/c1-8(9(2)11-3)7-10-5-6-13(4)12-10/h5-6,8-9,11H,7H2,1-4H3. The minimum atomic E-state index is 0.544. The Morgan fingerprint density at radius 3 is 2.69 bits per heavy atom. The summed E-state index contributed by atoms with van der Waals surface area (Å²) in [6.45, 7) is 4.45. The number of rotatable bonds is 4. The molecule has 1 heterocycles. The molecular weight excluding hydrogens is 162 g/mol. The van der Waals surface area contributed by atoms with E-state index in [9.17, 15) is 0 Å². The maximum atomic E-state index is 4.36. The molecule has 0 aliphatic carbocycles. The number of aryl methyl sites for hydroxylation is 1. The first-order chi connectivity index (χ1) is 6.13. The maximum Gasteiger partial charge on any atom is 0.0627 e. The van der Waals surface area contributed by atoms with Crippen molar-refractivity contribution in [3.63, 3.8) is 0 Å². The molecule has 0 fully saturated rings. The predicted octanol–water partition coefficient (Wildman–Crippen LogP) is 1.21. The van der Waals surface area contributed by atoms with Crippen LogP contribution in [-0.4, -0.2) is 22.9 Å². The zero-order chi connectivity index (χ0) is 9.84. The van der Waals surface area contributed by atoms with Gasteiger partial charge in [-0.3, -0.25) is 4.68 Å². The van der Waals surface area contributed by atoms with Crippen molar-refractivity contribution >= 4 is 0 Å². The molecule has 0 aromatic carbocycles. The van der Waals surface area contributed by atoms with E-state index < -0.39 is 0 Å². The number of hydrogen-bond acceptors (Lipinski definition) is 2.